The van der Waals surface area contributed by atoms with E-state index in [1.165, 1.54) is 12.8 Å². The first-order valence-electron chi connectivity index (χ1n) is 12.8. The van der Waals surface area contributed by atoms with Crippen LogP contribution in [0.2, 0.25) is 0 Å². The highest BCUT2D eigenvalue weighted by Gasteiger charge is 2.32. The van der Waals surface area contributed by atoms with Gasteiger partial charge in [0.2, 0.25) is 0 Å². The molecule has 1 saturated carbocycles. The first kappa shape index (κ1) is 24.2. The molecule has 1 fully saturated rings. The Bertz CT molecular complexity index is 1370. The molecule has 2 aromatic heterocycles. The molecule has 0 amide bonds. The molecule has 1 N–H and O–H groups in total. The van der Waals surface area contributed by atoms with Crippen LogP contribution in [-0.4, -0.2) is 43.2 Å². The number of ether oxygens (including phenoxy) is 1. The number of methoxy groups -OCH3 is 1. The number of nitrogens with one attached hydrogen (secondary N) is 1. The third-order valence-corrected chi connectivity index (χ3v) is 7.45. The molecular formula is C28H34N6O2. The van der Waals surface area contributed by atoms with Crippen LogP contribution in [0.5, 0.6) is 5.75 Å². The number of aromatic nitrogens is 5. The number of aryl methyl sites for hydroxylation is 1. The normalized spacial score (nSPS) is 15.1. The Labute approximate surface area is 211 Å². The Kier molecular flexibility index (Phi) is 7.13. The van der Waals surface area contributed by atoms with Gasteiger partial charge < -0.3 is 9.72 Å². The molecule has 0 saturated heterocycles. The van der Waals surface area contributed by atoms with E-state index >= 15 is 0 Å². The largest absolute Gasteiger partial charge is 0.497 e. The van der Waals surface area contributed by atoms with Gasteiger partial charge in [-0.05, 0) is 71.3 Å². The zero-order valence-electron chi connectivity index (χ0n) is 21.3. The maximum Gasteiger partial charge on any atom is 0.252 e. The highest BCUT2D eigenvalue weighted by molar-refractivity contribution is 5.81. The van der Waals surface area contributed by atoms with Gasteiger partial charge in [-0.3, -0.25) is 9.69 Å². The molecule has 5 rings (SSSR count). The van der Waals surface area contributed by atoms with Gasteiger partial charge in [-0.25, -0.2) is 4.68 Å². The molecule has 0 unspecified atom stereocenters. The second kappa shape index (κ2) is 10.6. The van der Waals surface area contributed by atoms with Crippen molar-refractivity contribution in [2.45, 2.75) is 71.1 Å². The molecule has 2 aromatic carbocycles. The van der Waals surface area contributed by atoms with Crippen molar-refractivity contribution >= 4 is 10.9 Å². The molecule has 0 bridgehead atoms. The third kappa shape index (κ3) is 4.91. The summed E-state index contributed by atoms with van der Waals surface area (Å²) >= 11 is 0. The van der Waals surface area contributed by atoms with Crippen LogP contribution < -0.4 is 10.3 Å². The maximum absolute atomic E-state index is 13.2. The quantitative estimate of drug-likeness (QED) is 0.366. The number of rotatable bonds is 9. The summed E-state index contributed by atoms with van der Waals surface area (Å²) in [5.74, 6) is 1.67. The second-order valence-corrected chi connectivity index (χ2v) is 9.74. The zero-order chi connectivity index (χ0) is 25.1. The van der Waals surface area contributed by atoms with Gasteiger partial charge in [0.05, 0.1) is 25.2 Å². The first-order valence-corrected chi connectivity index (χ1v) is 12.8. The lowest BCUT2D eigenvalue weighted by molar-refractivity contribution is 0.112. The van der Waals surface area contributed by atoms with Gasteiger partial charge in [-0.2, -0.15) is 0 Å². The molecule has 4 aromatic rings. The van der Waals surface area contributed by atoms with E-state index in [1.54, 1.807) is 7.11 Å². The van der Waals surface area contributed by atoms with Crippen LogP contribution in [0.25, 0.3) is 10.9 Å². The predicted molar refractivity (Wildman–Crippen MR) is 140 cm³/mol. The Hall–Kier alpha value is -3.52. The maximum atomic E-state index is 13.2. The number of nitrogens with zero attached hydrogens (tertiary/aromatic N) is 5. The highest BCUT2D eigenvalue weighted by atomic mass is 16.5. The highest BCUT2D eigenvalue weighted by Crippen LogP contribution is 2.34. The Balaban J connectivity index is 1.48. The summed E-state index contributed by atoms with van der Waals surface area (Å²) in [6, 6.07) is 16.6. The fourth-order valence-corrected chi connectivity index (χ4v) is 5.50. The molecular weight excluding hydrogens is 452 g/mol. The average Bonchev–Trinajstić information content (AvgIpc) is 3.58. The Morgan fingerprint density at radius 2 is 1.94 bits per heavy atom. The van der Waals surface area contributed by atoms with E-state index in [-0.39, 0.29) is 11.6 Å². The van der Waals surface area contributed by atoms with Crippen LogP contribution in [0.1, 0.15) is 67.6 Å². The molecule has 2 heterocycles. The van der Waals surface area contributed by atoms with Gasteiger partial charge in [-0.15, -0.1) is 5.10 Å². The van der Waals surface area contributed by atoms with E-state index in [4.69, 9.17) is 4.74 Å². The second-order valence-electron chi connectivity index (χ2n) is 9.74. The summed E-state index contributed by atoms with van der Waals surface area (Å²) in [5.41, 5.74) is 3.86. The number of pyridine rings is 1. The summed E-state index contributed by atoms with van der Waals surface area (Å²) < 4.78 is 7.18. The summed E-state index contributed by atoms with van der Waals surface area (Å²) in [6.07, 6.45) is 5.52. The van der Waals surface area contributed by atoms with Crippen LogP contribution in [0.3, 0.4) is 0 Å². The summed E-state index contributed by atoms with van der Waals surface area (Å²) in [5, 5.41) is 13.9. The number of hydrogen-bond acceptors (Lipinski definition) is 6. The molecule has 0 radical (unpaired) electrons. The van der Waals surface area contributed by atoms with Crippen LogP contribution >= 0.6 is 0 Å². The van der Waals surface area contributed by atoms with Gasteiger partial charge in [0.25, 0.3) is 5.56 Å². The van der Waals surface area contributed by atoms with E-state index in [1.807, 2.05) is 48.0 Å². The van der Waals surface area contributed by atoms with Gasteiger partial charge >= 0.3 is 0 Å². The minimum absolute atomic E-state index is 0.00829. The summed E-state index contributed by atoms with van der Waals surface area (Å²) in [4.78, 5) is 18.8. The number of aromatic amines is 1. The number of benzene rings is 2. The SMILES string of the molecule is CC[C@@H](c1nnnn1Cc1ccc(OC)cc1)N(Cc1cc2cccc(C)c2[nH]c1=O)C1CCCC1. The molecule has 1 aliphatic rings. The smallest absolute Gasteiger partial charge is 0.252 e. The lowest BCUT2D eigenvalue weighted by Gasteiger charge is -2.35. The molecule has 8 heteroatoms. The van der Waals surface area contributed by atoms with Crippen molar-refractivity contribution in [3.63, 3.8) is 0 Å². The Morgan fingerprint density at radius 3 is 2.67 bits per heavy atom. The van der Waals surface area contributed by atoms with E-state index in [0.717, 1.165) is 58.4 Å². The number of tetrazole rings is 1. The van der Waals surface area contributed by atoms with Crippen molar-refractivity contribution in [1.29, 1.82) is 0 Å². The topological polar surface area (TPSA) is 88.9 Å². The minimum atomic E-state index is -0.0209. The predicted octanol–water partition coefficient (Wildman–Crippen LogP) is 4.78. The molecule has 1 aliphatic carbocycles. The minimum Gasteiger partial charge on any atom is -0.497 e. The zero-order valence-corrected chi connectivity index (χ0v) is 21.3. The van der Waals surface area contributed by atoms with Crippen molar-refractivity contribution in [3.05, 3.63) is 81.4 Å². The molecule has 188 valence electrons. The van der Waals surface area contributed by atoms with E-state index in [9.17, 15) is 4.79 Å². The van der Waals surface area contributed by atoms with E-state index in [2.05, 4.69) is 44.5 Å². The molecule has 0 spiro atoms. The van der Waals surface area contributed by atoms with Gasteiger partial charge in [0.1, 0.15) is 5.75 Å². The first-order chi connectivity index (χ1) is 17.6. The number of hydrogen-bond donors (Lipinski definition) is 1. The van der Waals surface area contributed by atoms with Crippen molar-refractivity contribution in [2.75, 3.05) is 7.11 Å². The number of para-hydroxylation sites is 1. The number of fused-ring (bicyclic) bond motifs is 1. The van der Waals surface area contributed by atoms with Gasteiger partial charge in [0, 0.05) is 18.2 Å². The standard InChI is InChI=1S/C28H34N6O2/c1-4-25(27-30-31-32-34(27)17-20-12-14-24(36-3)15-13-20)33(23-10-5-6-11-23)18-22-16-21-9-7-8-19(2)26(21)29-28(22)35/h7-9,12-16,23,25H,4-6,10-11,17-18H2,1-3H3,(H,29,35)/t25-/m0/s1. The van der Waals surface area contributed by atoms with Gasteiger partial charge in [-0.1, -0.05) is 50.1 Å². The monoisotopic (exact) mass is 486 g/mol. The van der Waals surface area contributed by atoms with Crippen molar-refractivity contribution in [1.82, 2.24) is 30.1 Å². The number of H-pyrrole nitrogens is 1. The fourth-order valence-electron chi connectivity index (χ4n) is 5.50. The van der Waals surface area contributed by atoms with E-state index < -0.39 is 0 Å². The molecule has 0 aliphatic heterocycles. The Morgan fingerprint density at radius 1 is 1.17 bits per heavy atom. The molecule has 36 heavy (non-hydrogen) atoms. The van der Waals surface area contributed by atoms with Crippen molar-refractivity contribution in [3.8, 4) is 5.75 Å². The fraction of sp³-hybridized carbons (Fsp3) is 0.429. The third-order valence-electron chi connectivity index (χ3n) is 7.45. The summed E-state index contributed by atoms with van der Waals surface area (Å²) in [6.45, 7) is 5.35. The average molecular weight is 487 g/mol. The van der Waals surface area contributed by atoms with E-state index in [0.29, 0.717) is 19.1 Å². The van der Waals surface area contributed by atoms with Crippen LogP contribution in [0.4, 0.5) is 0 Å². The molecule has 1 atom stereocenters. The van der Waals surface area contributed by atoms with Crippen molar-refractivity contribution < 1.29 is 4.74 Å². The van der Waals surface area contributed by atoms with Crippen molar-refractivity contribution in [2.24, 2.45) is 0 Å². The molecule has 8 nitrogen and oxygen atoms in total. The lowest BCUT2D eigenvalue weighted by Crippen LogP contribution is -2.39. The van der Waals surface area contributed by atoms with Gasteiger partial charge in [0.15, 0.2) is 5.82 Å². The lowest BCUT2D eigenvalue weighted by atomic mass is 10.0. The van der Waals surface area contributed by atoms with Crippen LogP contribution in [-0.2, 0) is 13.1 Å². The summed E-state index contributed by atoms with van der Waals surface area (Å²) in [7, 11) is 1.67. The van der Waals surface area contributed by atoms with Crippen LogP contribution in [0, 0.1) is 6.92 Å². The van der Waals surface area contributed by atoms with Crippen LogP contribution in [0.15, 0.2) is 53.3 Å².